The minimum atomic E-state index is 0. The van der Waals surface area contributed by atoms with Crippen LogP contribution in [0.2, 0.25) is 0 Å². The van der Waals surface area contributed by atoms with E-state index in [9.17, 15) is 0 Å². The second-order valence-corrected chi connectivity index (χ2v) is 5.09. The van der Waals surface area contributed by atoms with Crippen molar-refractivity contribution < 1.29 is 0 Å². The first-order valence-corrected chi connectivity index (χ1v) is 6.38. The zero-order chi connectivity index (χ0) is 10.7. The average Bonchev–Trinajstić information content (AvgIpc) is 2.65. The van der Waals surface area contributed by atoms with Crippen molar-refractivity contribution in [2.24, 2.45) is 5.92 Å². The molecule has 1 saturated heterocycles. The molecule has 5 heteroatoms. The van der Waals surface area contributed by atoms with Gasteiger partial charge in [0.1, 0.15) is 0 Å². The number of nitrogens with zero attached hydrogens (tertiary/aromatic N) is 2. The Bertz CT molecular complexity index is 320. The largest absolute Gasteiger partial charge is 0.316 e. The zero-order valence-electron chi connectivity index (χ0n) is 9.69. The van der Waals surface area contributed by atoms with Crippen LogP contribution in [0.15, 0.2) is 11.2 Å². The van der Waals surface area contributed by atoms with Gasteiger partial charge in [-0.05, 0) is 45.3 Å². The maximum atomic E-state index is 4.43. The number of nitrogens with one attached hydrogen (secondary N) is 1. The van der Waals surface area contributed by atoms with Crippen LogP contribution in [-0.2, 0) is 0 Å². The standard InChI is InChI=1S/C11H17N3S.ClH/c1-8-5-9(2)14-11(13-8)15-7-10-3-4-12-6-10;/h5,10,12H,3-4,6-7H2,1-2H3;1H. The number of rotatable bonds is 3. The molecule has 0 aliphatic carbocycles. The van der Waals surface area contributed by atoms with E-state index in [4.69, 9.17) is 0 Å². The van der Waals surface area contributed by atoms with Gasteiger partial charge in [-0.3, -0.25) is 0 Å². The normalized spacial score (nSPS) is 19.5. The second kappa shape index (κ2) is 6.42. The van der Waals surface area contributed by atoms with Crippen molar-refractivity contribution >= 4 is 24.2 Å². The third-order valence-electron chi connectivity index (χ3n) is 2.57. The van der Waals surface area contributed by atoms with Crippen molar-refractivity contribution in [2.75, 3.05) is 18.8 Å². The van der Waals surface area contributed by atoms with Gasteiger partial charge in [0.05, 0.1) is 0 Å². The summed E-state index contributed by atoms with van der Waals surface area (Å²) in [6.07, 6.45) is 1.29. The monoisotopic (exact) mass is 259 g/mol. The highest BCUT2D eigenvalue weighted by atomic mass is 35.5. The lowest BCUT2D eigenvalue weighted by Gasteiger charge is -2.07. The molecule has 0 saturated carbocycles. The fourth-order valence-corrected chi connectivity index (χ4v) is 2.89. The Morgan fingerprint density at radius 3 is 2.62 bits per heavy atom. The van der Waals surface area contributed by atoms with Crippen LogP contribution in [0.4, 0.5) is 0 Å². The van der Waals surface area contributed by atoms with Crippen LogP contribution >= 0.6 is 24.2 Å². The summed E-state index contributed by atoms with van der Waals surface area (Å²) in [6, 6.07) is 2.02. The van der Waals surface area contributed by atoms with E-state index in [0.29, 0.717) is 0 Å². The predicted octanol–water partition coefficient (Wildman–Crippen LogP) is 2.22. The average molecular weight is 260 g/mol. The summed E-state index contributed by atoms with van der Waals surface area (Å²) in [5.74, 6) is 1.93. The van der Waals surface area contributed by atoms with E-state index in [1.807, 2.05) is 19.9 Å². The molecule has 1 aromatic rings. The van der Waals surface area contributed by atoms with E-state index in [-0.39, 0.29) is 12.4 Å². The number of thioether (sulfide) groups is 1. The van der Waals surface area contributed by atoms with Gasteiger partial charge in [-0.15, -0.1) is 12.4 Å². The van der Waals surface area contributed by atoms with Crippen LogP contribution in [0.3, 0.4) is 0 Å². The molecule has 1 aliphatic heterocycles. The van der Waals surface area contributed by atoms with E-state index < -0.39 is 0 Å². The smallest absolute Gasteiger partial charge is 0.187 e. The van der Waals surface area contributed by atoms with Crippen LogP contribution in [-0.4, -0.2) is 28.8 Å². The lowest BCUT2D eigenvalue weighted by Crippen LogP contribution is -2.10. The molecule has 1 aliphatic rings. The van der Waals surface area contributed by atoms with Crippen molar-refractivity contribution in [1.82, 2.24) is 15.3 Å². The first kappa shape index (κ1) is 13.7. The van der Waals surface area contributed by atoms with Crippen molar-refractivity contribution in [3.63, 3.8) is 0 Å². The van der Waals surface area contributed by atoms with Gasteiger partial charge in [-0.1, -0.05) is 11.8 Å². The Kier molecular flexibility index (Phi) is 5.52. The van der Waals surface area contributed by atoms with Crippen molar-refractivity contribution in [2.45, 2.75) is 25.4 Å². The number of hydrogen-bond acceptors (Lipinski definition) is 4. The Hall–Kier alpha value is -0.320. The molecule has 1 atom stereocenters. The highest BCUT2D eigenvalue weighted by molar-refractivity contribution is 7.99. The first-order chi connectivity index (χ1) is 7.24. The molecule has 1 fully saturated rings. The van der Waals surface area contributed by atoms with Crippen molar-refractivity contribution in [1.29, 1.82) is 0 Å². The third-order valence-corrected chi connectivity index (χ3v) is 3.65. The van der Waals surface area contributed by atoms with Gasteiger partial charge in [0.15, 0.2) is 5.16 Å². The molecule has 0 amide bonds. The summed E-state index contributed by atoms with van der Waals surface area (Å²) in [7, 11) is 0. The molecule has 1 aromatic heterocycles. The Labute approximate surface area is 107 Å². The van der Waals surface area contributed by atoms with E-state index in [2.05, 4.69) is 15.3 Å². The molecule has 16 heavy (non-hydrogen) atoms. The third kappa shape index (κ3) is 3.92. The van der Waals surface area contributed by atoms with Crippen LogP contribution in [0.25, 0.3) is 0 Å². The molecule has 3 nitrogen and oxygen atoms in total. The van der Waals surface area contributed by atoms with E-state index in [1.54, 1.807) is 11.8 Å². The van der Waals surface area contributed by atoms with Gasteiger partial charge >= 0.3 is 0 Å². The van der Waals surface area contributed by atoms with E-state index >= 15 is 0 Å². The minimum absolute atomic E-state index is 0. The Balaban J connectivity index is 0.00000128. The Morgan fingerprint density at radius 2 is 2.06 bits per heavy atom. The summed E-state index contributed by atoms with van der Waals surface area (Å²) in [5, 5.41) is 4.31. The summed E-state index contributed by atoms with van der Waals surface area (Å²) in [4.78, 5) is 8.85. The molecular weight excluding hydrogens is 242 g/mol. The van der Waals surface area contributed by atoms with E-state index in [1.165, 1.54) is 13.0 Å². The van der Waals surface area contributed by atoms with E-state index in [0.717, 1.165) is 34.8 Å². The maximum Gasteiger partial charge on any atom is 0.187 e. The van der Waals surface area contributed by atoms with Crippen molar-refractivity contribution in [3.8, 4) is 0 Å². The van der Waals surface area contributed by atoms with Crippen LogP contribution < -0.4 is 5.32 Å². The predicted molar refractivity (Wildman–Crippen MR) is 70.5 cm³/mol. The molecule has 1 unspecified atom stereocenters. The van der Waals surface area contributed by atoms with Crippen LogP contribution in [0, 0.1) is 19.8 Å². The molecule has 2 heterocycles. The lowest BCUT2D eigenvalue weighted by molar-refractivity contribution is 0.661. The summed E-state index contributed by atoms with van der Waals surface area (Å²) in [6.45, 7) is 6.36. The molecular formula is C11H18ClN3S. The van der Waals surface area contributed by atoms with Gasteiger partial charge < -0.3 is 5.32 Å². The topological polar surface area (TPSA) is 37.8 Å². The molecule has 0 bridgehead atoms. The number of hydrogen-bond donors (Lipinski definition) is 1. The molecule has 90 valence electrons. The SMILES string of the molecule is Cc1cc(C)nc(SCC2CCNC2)n1.Cl. The van der Waals surface area contributed by atoms with Crippen molar-refractivity contribution in [3.05, 3.63) is 17.5 Å². The fraction of sp³-hybridized carbons (Fsp3) is 0.636. The van der Waals surface area contributed by atoms with Gasteiger partial charge in [0.2, 0.25) is 0 Å². The van der Waals surface area contributed by atoms with Gasteiger partial charge in [0.25, 0.3) is 0 Å². The molecule has 1 N–H and O–H groups in total. The lowest BCUT2D eigenvalue weighted by atomic mass is 10.2. The molecule has 0 aromatic carbocycles. The number of halogens is 1. The minimum Gasteiger partial charge on any atom is -0.316 e. The zero-order valence-corrected chi connectivity index (χ0v) is 11.3. The van der Waals surface area contributed by atoms with Gasteiger partial charge in [0, 0.05) is 17.1 Å². The van der Waals surface area contributed by atoms with Crippen LogP contribution in [0.1, 0.15) is 17.8 Å². The summed E-state index contributed by atoms with van der Waals surface area (Å²) < 4.78 is 0. The van der Waals surface area contributed by atoms with Gasteiger partial charge in [-0.25, -0.2) is 9.97 Å². The first-order valence-electron chi connectivity index (χ1n) is 5.40. The molecule has 2 rings (SSSR count). The molecule has 0 radical (unpaired) electrons. The number of aromatic nitrogens is 2. The highest BCUT2D eigenvalue weighted by Gasteiger charge is 2.15. The quantitative estimate of drug-likeness (QED) is 0.667. The summed E-state index contributed by atoms with van der Waals surface area (Å²) >= 11 is 1.78. The summed E-state index contributed by atoms with van der Waals surface area (Å²) in [5.41, 5.74) is 2.13. The maximum absolute atomic E-state index is 4.43. The Morgan fingerprint density at radius 1 is 1.38 bits per heavy atom. The van der Waals surface area contributed by atoms with Crippen LogP contribution in [0.5, 0.6) is 0 Å². The second-order valence-electron chi connectivity index (χ2n) is 4.10. The van der Waals surface area contributed by atoms with Gasteiger partial charge in [-0.2, -0.15) is 0 Å². The highest BCUT2D eigenvalue weighted by Crippen LogP contribution is 2.20. The fourth-order valence-electron chi connectivity index (χ4n) is 1.81. The number of aryl methyl sites for hydroxylation is 2. The molecule has 0 spiro atoms.